The lowest BCUT2D eigenvalue weighted by Gasteiger charge is -2.32. The number of benzene rings is 1. The van der Waals surface area contributed by atoms with Gasteiger partial charge >= 0.3 is 0 Å². The highest BCUT2D eigenvalue weighted by atomic mass is 35.5. The average Bonchev–Trinajstić information content (AvgIpc) is 2.87. The molecule has 1 atom stereocenters. The molecule has 0 radical (unpaired) electrons. The lowest BCUT2D eigenvalue weighted by Crippen LogP contribution is -2.35. The Bertz CT molecular complexity index is 1270. The van der Waals surface area contributed by atoms with Gasteiger partial charge < -0.3 is 10.2 Å². The molecule has 1 saturated heterocycles. The first-order valence-electron chi connectivity index (χ1n) is 13.6. The topological polar surface area (TPSA) is 53.9 Å². The molecule has 1 aliphatic rings. The molecule has 1 N–H and O–H groups in total. The third kappa shape index (κ3) is 6.23. The molecule has 0 amide bonds. The smallest absolute Gasteiger partial charge is 0.175 e. The van der Waals surface area contributed by atoms with Gasteiger partial charge in [0.15, 0.2) is 5.82 Å². The van der Waals surface area contributed by atoms with E-state index in [2.05, 4.69) is 40.6 Å². The minimum atomic E-state index is -0.399. The molecule has 3 heterocycles. The first-order valence-corrected chi connectivity index (χ1v) is 14.0. The Morgan fingerprint density at radius 2 is 2.05 bits per heavy atom. The zero-order valence-electron chi connectivity index (χ0n) is 22.6. The molecule has 5 nitrogen and oxygen atoms in total. The lowest BCUT2D eigenvalue weighted by atomic mass is 9.95. The highest BCUT2D eigenvalue weighted by Gasteiger charge is 2.24. The Hall–Kier alpha value is -2.73. The van der Waals surface area contributed by atoms with Crippen molar-refractivity contribution in [2.75, 3.05) is 24.5 Å². The largest absolute Gasteiger partial charge is 0.389 e. The Morgan fingerprint density at radius 1 is 1.24 bits per heavy atom. The summed E-state index contributed by atoms with van der Waals surface area (Å²) in [5, 5.41) is 4.60. The van der Waals surface area contributed by atoms with Gasteiger partial charge in [-0.2, -0.15) is 0 Å². The second-order valence-electron chi connectivity index (χ2n) is 10.3. The molecule has 3 aromatic rings. The second kappa shape index (κ2) is 12.2. The van der Waals surface area contributed by atoms with E-state index in [1.807, 2.05) is 26.0 Å². The normalized spacial score (nSPS) is 15.8. The number of allylic oxidation sites excluding steroid dienone is 1. The SMILES string of the molecule is C=C(CCCCc1c(Cl)cc(C)cc1-c1ncc2c(N3CCCC(C)C3)nc(CC)nc2c1F)NCC. The van der Waals surface area contributed by atoms with Crippen LogP contribution in [0, 0.1) is 18.7 Å². The number of piperidine rings is 1. The fourth-order valence-electron chi connectivity index (χ4n) is 5.27. The van der Waals surface area contributed by atoms with Crippen molar-refractivity contribution in [2.24, 2.45) is 5.92 Å². The molecule has 37 heavy (non-hydrogen) atoms. The number of anilines is 1. The second-order valence-corrected chi connectivity index (χ2v) is 10.7. The van der Waals surface area contributed by atoms with E-state index in [4.69, 9.17) is 16.6 Å². The number of halogens is 2. The molecular weight excluding hydrogens is 485 g/mol. The summed E-state index contributed by atoms with van der Waals surface area (Å²) in [5.74, 6) is 1.63. The van der Waals surface area contributed by atoms with E-state index in [1.54, 1.807) is 6.20 Å². The highest BCUT2D eigenvalue weighted by Crippen LogP contribution is 2.36. The summed E-state index contributed by atoms with van der Waals surface area (Å²) < 4.78 is 16.3. The third-order valence-electron chi connectivity index (χ3n) is 7.16. The number of fused-ring (bicyclic) bond motifs is 1. The molecule has 0 aliphatic carbocycles. The van der Waals surface area contributed by atoms with E-state index in [9.17, 15) is 0 Å². The van der Waals surface area contributed by atoms with E-state index >= 15 is 4.39 Å². The summed E-state index contributed by atoms with van der Waals surface area (Å²) in [7, 11) is 0. The number of rotatable bonds is 10. The van der Waals surface area contributed by atoms with Gasteiger partial charge in [0, 0.05) is 48.5 Å². The first kappa shape index (κ1) is 27.3. The van der Waals surface area contributed by atoms with Crippen LogP contribution in [0.1, 0.15) is 69.8 Å². The summed E-state index contributed by atoms with van der Waals surface area (Å²) in [6.45, 7) is 15.1. The number of aryl methyl sites for hydroxylation is 2. The monoisotopic (exact) mass is 523 g/mol. The van der Waals surface area contributed by atoms with Crippen LogP contribution in [0.25, 0.3) is 22.2 Å². The maximum absolute atomic E-state index is 16.3. The number of aromatic nitrogens is 3. The molecular formula is C30H39ClFN5. The van der Waals surface area contributed by atoms with Crippen molar-refractivity contribution in [1.82, 2.24) is 20.3 Å². The molecule has 198 valence electrons. The molecule has 1 aliphatic heterocycles. The summed E-state index contributed by atoms with van der Waals surface area (Å²) in [6.07, 6.45) is 8.26. The van der Waals surface area contributed by atoms with Crippen molar-refractivity contribution < 1.29 is 4.39 Å². The van der Waals surface area contributed by atoms with Gasteiger partial charge in [0.2, 0.25) is 0 Å². The van der Waals surface area contributed by atoms with Crippen LogP contribution in [-0.4, -0.2) is 34.6 Å². The van der Waals surface area contributed by atoms with Crippen molar-refractivity contribution in [3.63, 3.8) is 0 Å². The molecule has 1 aromatic carbocycles. The van der Waals surface area contributed by atoms with Gasteiger partial charge in [-0.05, 0) is 81.5 Å². The van der Waals surface area contributed by atoms with Gasteiger partial charge in [-0.3, -0.25) is 4.98 Å². The van der Waals surface area contributed by atoms with E-state index in [-0.39, 0.29) is 0 Å². The molecule has 1 fully saturated rings. The molecule has 0 saturated carbocycles. The number of hydrogen-bond acceptors (Lipinski definition) is 5. The van der Waals surface area contributed by atoms with Crippen molar-refractivity contribution in [3.8, 4) is 11.3 Å². The van der Waals surface area contributed by atoms with Crippen LogP contribution in [0.2, 0.25) is 5.02 Å². The summed E-state index contributed by atoms with van der Waals surface area (Å²) in [6, 6.07) is 3.94. The van der Waals surface area contributed by atoms with Crippen molar-refractivity contribution >= 4 is 28.3 Å². The van der Waals surface area contributed by atoms with E-state index in [0.717, 1.165) is 79.9 Å². The highest BCUT2D eigenvalue weighted by molar-refractivity contribution is 6.31. The molecule has 4 rings (SSSR count). The maximum atomic E-state index is 16.3. The minimum Gasteiger partial charge on any atom is -0.389 e. The van der Waals surface area contributed by atoms with E-state index in [1.165, 1.54) is 6.42 Å². The molecule has 1 unspecified atom stereocenters. The van der Waals surface area contributed by atoms with Gasteiger partial charge in [0.1, 0.15) is 22.9 Å². The lowest BCUT2D eigenvalue weighted by molar-refractivity contribution is 0.445. The van der Waals surface area contributed by atoms with Gasteiger partial charge in [-0.25, -0.2) is 14.4 Å². The number of nitrogens with zero attached hydrogens (tertiary/aromatic N) is 4. The van der Waals surface area contributed by atoms with E-state index in [0.29, 0.717) is 39.8 Å². The Labute approximate surface area is 225 Å². The van der Waals surface area contributed by atoms with Crippen LogP contribution in [-0.2, 0) is 12.8 Å². The Balaban J connectivity index is 1.73. The Morgan fingerprint density at radius 3 is 2.78 bits per heavy atom. The third-order valence-corrected chi connectivity index (χ3v) is 7.50. The standard InChI is InChI=1S/C30H39ClFN5/c1-6-26-35-29-24(30(36-26)37-14-10-11-19(3)18-37)17-34-28(27(29)32)23-15-20(4)16-25(31)22(23)13-9-8-12-21(5)33-7-2/h15-17,19,33H,5-14,18H2,1-4H3. The first-order chi connectivity index (χ1) is 17.8. The predicted molar refractivity (Wildman–Crippen MR) is 153 cm³/mol. The van der Waals surface area contributed by atoms with Crippen molar-refractivity contribution in [1.29, 1.82) is 0 Å². The summed E-state index contributed by atoms with van der Waals surface area (Å²) in [5.41, 5.74) is 4.36. The number of hydrogen-bond donors (Lipinski definition) is 1. The van der Waals surface area contributed by atoms with E-state index < -0.39 is 5.82 Å². The number of nitrogens with one attached hydrogen (secondary N) is 1. The fraction of sp³-hybridized carbons (Fsp3) is 0.500. The summed E-state index contributed by atoms with van der Waals surface area (Å²) in [4.78, 5) is 16.4. The zero-order valence-corrected chi connectivity index (χ0v) is 23.4. The average molecular weight is 524 g/mol. The van der Waals surface area contributed by atoms with Crippen LogP contribution < -0.4 is 10.2 Å². The quantitative estimate of drug-likeness (QED) is 0.280. The van der Waals surface area contributed by atoms with Gasteiger partial charge in [-0.1, -0.05) is 32.0 Å². The number of unbranched alkanes of at least 4 members (excludes halogenated alkanes) is 1. The predicted octanol–water partition coefficient (Wildman–Crippen LogP) is 7.43. The number of pyridine rings is 1. The molecule has 2 aromatic heterocycles. The van der Waals surface area contributed by atoms with Crippen LogP contribution in [0.4, 0.5) is 10.2 Å². The van der Waals surface area contributed by atoms with Crippen molar-refractivity contribution in [3.05, 3.63) is 58.4 Å². The molecule has 0 bridgehead atoms. The van der Waals surface area contributed by atoms with Gasteiger partial charge in [-0.15, -0.1) is 0 Å². The van der Waals surface area contributed by atoms with Crippen LogP contribution in [0.15, 0.2) is 30.6 Å². The van der Waals surface area contributed by atoms with Crippen LogP contribution in [0.5, 0.6) is 0 Å². The van der Waals surface area contributed by atoms with Crippen molar-refractivity contribution in [2.45, 2.75) is 72.6 Å². The van der Waals surface area contributed by atoms with Gasteiger partial charge in [0.25, 0.3) is 0 Å². The van der Waals surface area contributed by atoms with Gasteiger partial charge in [0.05, 0.1) is 5.39 Å². The zero-order chi connectivity index (χ0) is 26.5. The van der Waals surface area contributed by atoms with Crippen LogP contribution >= 0.6 is 11.6 Å². The maximum Gasteiger partial charge on any atom is 0.175 e. The molecule has 0 spiro atoms. The molecule has 7 heteroatoms. The van der Waals surface area contributed by atoms with Crippen LogP contribution in [0.3, 0.4) is 0 Å². The minimum absolute atomic E-state index is 0.309. The summed E-state index contributed by atoms with van der Waals surface area (Å²) >= 11 is 6.72. The Kier molecular flexibility index (Phi) is 9.01. The fourth-order valence-corrected chi connectivity index (χ4v) is 5.64.